The molecule has 0 aliphatic carbocycles. The zero-order valence-electron chi connectivity index (χ0n) is 9.22. The Morgan fingerprint density at radius 2 is 2.47 bits per heavy atom. The van der Waals surface area contributed by atoms with Gasteiger partial charge in [-0.2, -0.15) is 0 Å². The van der Waals surface area contributed by atoms with E-state index in [2.05, 4.69) is 10.3 Å². The van der Waals surface area contributed by atoms with Gasteiger partial charge in [0.1, 0.15) is 11.2 Å². The lowest BCUT2D eigenvalue weighted by atomic mass is 10.0. The minimum Gasteiger partial charge on any atom is -0.478 e. The second-order valence-corrected chi connectivity index (χ2v) is 4.11. The average Bonchev–Trinajstić information content (AvgIpc) is 2.74. The Balaban J connectivity index is 2.06. The summed E-state index contributed by atoms with van der Waals surface area (Å²) in [7, 11) is 0. The number of aromatic carboxylic acids is 1. The molecule has 1 saturated heterocycles. The van der Waals surface area contributed by atoms with E-state index in [1.165, 1.54) is 12.4 Å². The summed E-state index contributed by atoms with van der Waals surface area (Å²) < 4.78 is 5.11. The van der Waals surface area contributed by atoms with E-state index in [0.29, 0.717) is 18.7 Å². The van der Waals surface area contributed by atoms with Crippen molar-refractivity contribution in [1.82, 2.24) is 4.98 Å². The second-order valence-electron chi connectivity index (χ2n) is 4.11. The highest BCUT2D eigenvalue weighted by molar-refractivity contribution is 5.93. The number of carboxylic acids is 1. The van der Waals surface area contributed by atoms with Crippen molar-refractivity contribution in [3.8, 4) is 0 Å². The first kappa shape index (κ1) is 11.8. The van der Waals surface area contributed by atoms with E-state index in [0.717, 1.165) is 0 Å². The largest absolute Gasteiger partial charge is 0.478 e. The van der Waals surface area contributed by atoms with Crippen molar-refractivity contribution in [2.24, 2.45) is 0 Å². The molecule has 2 rings (SSSR count). The Bertz CT molecular complexity index is 416. The molecule has 1 aliphatic rings. The third kappa shape index (κ3) is 2.72. The third-order valence-electron chi connectivity index (χ3n) is 2.74. The Kier molecular flexibility index (Phi) is 3.26. The molecule has 1 unspecified atom stereocenters. The summed E-state index contributed by atoms with van der Waals surface area (Å²) >= 11 is 0. The van der Waals surface area contributed by atoms with Crippen molar-refractivity contribution in [2.45, 2.75) is 12.0 Å². The fourth-order valence-electron chi connectivity index (χ4n) is 1.71. The molecule has 1 atom stereocenters. The number of nitrogens with one attached hydrogen (secondary N) is 1. The number of hydrogen-bond donors (Lipinski definition) is 3. The number of pyridine rings is 1. The van der Waals surface area contributed by atoms with Crippen LogP contribution in [0.1, 0.15) is 16.8 Å². The van der Waals surface area contributed by atoms with Crippen LogP contribution < -0.4 is 5.32 Å². The molecule has 0 bridgehead atoms. The van der Waals surface area contributed by atoms with Crippen LogP contribution in [0, 0.1) is 0 Å². The van der Waals surface area contributed by atoms with Gasteiger partial charge in [0, 0.05) is 32.0 Å². The molecule has 6 nitrogen and oxygen atoms in total. The van der Waals surface area contributed by atoms with Crippen LogP contribution in [0.5, 0.6) is 0 Å². The van der Waals surface area contributed by atoms with E-state index in [-0.39, 0.29) is 18.7 Å². The van der Waals surface area contributed by atoms with E-state index in [4.69, 9.17) is 9.84 Å². The summed E-state index contributed by atoms with van der Waals surface area (Å²) in [5, 5.41) is 21.9. The van der Waals surface area contributed by atoms with Crippen LogP contribution in [0.3, 0.4) is 0 Å². The predicted molar refractivity (Wildman–Crippen MR) is 60.1 cm³/mol. The summed E-state index contributed by atoms with van der Waals surface area (Å²) in [6.07, 6.45) is 3.33. The molecule has 0 spiro atoms. The normalized spacial score (nSPS) is 23.6. The highest BCUT2D eigenvalue weighted by Gasteiger charge is 2.32. The van der Waals surface area contributed by atoms with Gasteiger partial charge < -0.3 is 20.3 Å². The number of hydrogen-bond acceptors (Lipinski definition) is 5. The molecule has 0 saturated carbocycles. The van der Waals surface area contributed by atoms with Crippen LogP contribution in [-0.4, -0.2) is 46.5 Å². The first-order chi connectivity index (χ1) is 8.11. The minimum atomic E-state index is -1.05. The number of nitrogens with zero attached hydrogens (tertiary/aromatic N) is 1. The van der Waals surface area contributed by atoms with E-state index < -0.39 is 11.6 Å². The fourth-order valence-corrected chi connectivity index (χ4v) is 1.71. The maximum absolute atomic E-state index is 10.9. The molecule has 6 heteroatoms. The molecule has 0 radical (unpaired) electrons. The first-order valence-corrected chi connectivity index (χ1v) is 5.32. The van der Waals surface area contributed by atoms with Crippen molar-refractivity contribution < 1.29 is 19.7 Å². The molecule has 17 heavy (non-hydrogen) atoms. The molecule has 0 aromatic carbocycles. The van der Waals surface area contributed by atoms with Crippen LogP contribution in [0.15, 0.2) is 18.5 Å². The summed E-state index contributed by atoms with van der Waals surface area (Å²) in [6.45, 7) is 1.06. The van der Waals surface area contributed by atoms with Gasteiger partial charge >= 0.3 is 5.97 Å². The predicted octanol–water partition coefficient (Wildman–Crippen LogP) is 0.343. The lowest BCUT2D eigenvalue weighted by molar-refractivity contribution is 0.0381. The number of carbonyl (C=O) groups is 1. The molecule has 3 N–H and O–H groups in total. The Labute approximate surface area is 98.2 Å². The van der Waals surface area contributed by atoms with Crippen LogP contribution in [0.2, 0.25) is 0 Å². The molecule has 1 aliphatic heterocycles. The van der Waals surface area contributed by atoms with Crippen molar-refractivity contribution in [3.05, 3.63) is 24.0 Å². The van der Waals surface area contributed by atoms with Crippen molar-refractivity contribution in [2.75, 3.05) is 25.1 Å². The van der Waals surface area contributed by atoms with Gasteiger partial charge in [0.2, 0.25) is 0 Å². The number of ether oxygens (including phenoxy) is 1. The molecule has 92 valence electrons. The topological polar surface area (TPSA) is 91.7 Å². The summed E-state index contributed by atoms with van der Waals surface area (Å²) in [5.41, 5.74) is -0.373. The maximum Gasteiger partial charge on any atom is 0.339 e. The van der Waals surface area contributed by atoms with Gasteiger partial charge in [-0.25, -0.2) is 4.79 Å². The molecular weight excluding hydrogens is 224 g/mol. The van der Waals surface area contributed by atoms with E-state index in [1.54, 1.807) is 6.07 Å². The van der Waals surface area contributed by atoms with Gasteiger partial charge in [-0.05, 0) is 6.07 Å². The fraction of sp³-hybridized carbons (Fsp3) is 0.455. The van der Waals surface area contributed by atoms with E-state index in [1.807, 2.05) is 0 Å². The number of aromatic nitrogens is 1. The summed E-state index contributed by atoms with van der Waals surface area (Å²) in [5.74, 6) is -1.05. The molecule has 1 aromatic heterocycles. The average molecular weight is 238 g/mol. The zero-order valence-corrected chi connectivity index (χ0v) is 9.22. The van der Waals surface area contributed by atoms with Crippen LogP contribution in [0.25, 0.3) is 0 Å². The molecule has 1 aromatic rings. The number of aliphatic hydroxyl groups is 1. The van der Waals surface area contributed by atoms with E-state index >= 15 is 0 Å². The highest BCUT2D eigenvalue weighted by Crippen LogP contribution is 2.20. The van der Waals surface area contributed by atoms with Gasteiger partial charge in [0.05, 0.1) is 12.3 Å². The monoisotopic (exact) mass is 238 g/mol. The molecular formula is C11H14N2O4. The minimum absolute atomic E-state index is 0.0926. The quantitative estimate of drug-likeness (QED) is 0.700. The number of rotatable bonds is 4. The highest BCUT2D eigenvalue weighted by atomic mass is 16.5. The Hall–Kier alpha value is -1.66. The number of anilines is 1. The lowest BCUT2D eigenvalue weighted by Crippen LogP contribution is -2.37. The SMILES string of the molecule is O=C(O)c1cnccc1NCC1(O)CCOC1. The second kappa shape index (κ2) is 4.68. The molecule has 2 heterocycles. The smallest absolute Gasteiger partial charge is 0.339 e. The third-order valence-corrected chi connectivity index (χ3v) is 2.74. The van der Waals surface area contributed by atoms with Crippen LogP contribution in [-0.2, 0) is 4.74 Å². The van der Waals surface area contributed by atoms with Gasteiger partial charge in [-0.15, -0.1) is 0 Å². The van der Waals surface area contributed by atoms with Gasteiger partial charge in [0.25, 0.3) is 0 Å². The Morgan fingerprint density at radius 1 is 1.65 bits per heavy atom. The molecule has 1 fully saturated rings. The van der Waals surface area contributed by atoms with Crippen LogP contribution in [0.4, 0.5) is 5.69 Å². The lowest BCUT2D eigenvalue weighted by Gasteiger charge is -2.21. The zero-order chi connectivity index (χ0) is 12.3. The van der Waals surface area contributed by atoms with Crippen molar-refractivity contribution in [3.63, 3.8) is 0 Å². The summed E-state index contributed by atoms with van der Waals surface area (Å²) in [4.78, 5) is 14.7. The van der Waals surface area contributed by atoms with E-state index in [9.17, 15) is 9.90 Å². The van der Waals surface area contributed by atoms with Crippen molar-refractivity contribution >= 4 is 11.7 Å². The van der Waals surface area contributed by atoms with Gasteiger partial charge in [0.15, 0.2) is 0 Å². The van der Waals surface area contributed by atoms with Crippen LogP contribution >= 0.6 is 0 Å². The van der Waals surface area contributed by atoms with Gasteiger partial charge in [-0.3, -0.25) is 4.98 Å². The molecule has 0 amide bonds. The first-order valence-electron chi connectivity index (χ1n) is 5.32. The maximum atomic E-state index is 10.9. The van der Waals surface area contributed by atoms with Crippen molar-refractivity contribution in [1.29, 1.82) is 0 Å². The summed E-state index contributed by atoms with van der Waals surface area (Å²) in [6, 6.07) is 1.57. The van der Waals surface area contributed by atoms with Gasteiger partial charge in [-0.1, -0.05) is 0 Å². The standard InChI is InChI=1S/C11H14N2O4/c14-10(15)8-5-12-3-1-9(8)13-6-11(16)2-4-17-7-11/h1,3,5,16H,2,4,6-7H2,(H,12,13)(H,14,15). The number of carboxylic acid groups (broad SMARTS) is 1. The Morgan fingerprint density at radius 3 is 3.12 bits per heavy atom.